The van der Waals surface area contributed by atoms with Crippen LogP contribution in [0.25, 0.3) is 11.2 Å². The fraction of sp³-hybridized carbons (Fsp3) is 0.333. The van der Waals surface area contributed by atoms with Crippen LogP contribution < -0.4 is 5.32 Å². The van der Waals surface area contributed by atoms with E-state index in [2.05, 4.69) is 20.3 Å². The normalized spacial score (nSPS) is 24.1. The zero-order chi connectivity index (χ0) is 20.7. The van der Waals surface area contributed by atoms with E-state index in [9.17, 15) is 25.2 Å². The van der Waals surface area contributed by atoms with Crippen molar-refractivity contribution in [3.63, 3.8) is 0 Å². The highest BCUT2D eigenvalue weighted by Crippen LogP contribution is 2.33. The number of ether oxygens (including phenoxy) is 1. The monoisotopic (exact) mass is 401 g/mol. The minimum Gasteiger partial charge on any atom is -0.507 e. The van der Waals surface area contributed by atoms with E-state index in [1.165, 1.54) is 30.2 Å². The van der Waals surface area contributed by atoms with Gasteiger partial charge in [0, 0.05) is 0 Å². The van der Waals surface area contributed by atoms with Gasteiger partial charge in [-0.15, -0.1) is 0 Å². The largest absolute Gasteiger partial charge is 0.507 e. The molecule has 0 aliphatic carbocycles. The summed E-state index contributed by atoms with van der Waals surface area (Å²) in [6.07, 6.45) is -1.83. The average molecular weight is 401 g/mol. The van der Waals surface area contributed by atoms with Gasteiger partial charge in [0.25, 0.3) is 0 Å². The summed E-state index contributed by atoms with van der Waals surface area (Å²) in [5, 5.41) is 42.5. The van der Waals surface area contributed by atoms with Crippen molar-refractivity contribution in [3.05, 3.63) is 36.4 Å². The number of hydrogen-bond donors (Lipinski definition) is 5. The van der Waals surface area contributed by atoms with Gasteiger partial charge in [0.05, 0.1) is 24.2 Å². The summed E-state index contributed by atoms with van der Waals surface area (Å²) in [6.45, 7) is 0.890. The third-order valence-corrected chi connectivity index (χ3v) is 4.80. The Morgan fingerprint density at radius 3 is 2.72 bits per heavy atom. The van der Waals surface area contributed by atoms with Crippen LogP contribution in [0.4, 0.5) is 11.5 Å². The fourth-order valence-corrected chi connectivity index (χ4v) is 3.38. The molecule has 0 unspecified atom stereocenters. The number of phenols is 1. The van der Waals surface area contributed by atoms with Gasteiger partial charge >= 0.3 is 0 Å². The molecule has 1 aliphatic heterocycles. The summed E-state index contributed by atoms with van der Waals surface area (Å²) in [7, 11) is 0. The van der Waals surface area contributed by atoms with E-state index in [1.807, 2.05) is 0 Å². The van der Waals surface area contributed by atoms with E-state index in [0.29, 0.717) is 16.9 Å². The zero-order valence-electron chi connectivity index (χ0n) is 15.3. The molecule has 11 heteroatoms. The van der Waals surface area contributed by atoms with E-state index in [-0.39, 0.29) is 22.9 Å². The summed E-state index contributed by atoms with van der Waals surface area (Å²) >= 11 is 0. The molecule has 0 spiro atoms. The number of Topliss-reactive ketones (excluding diaryl/α,β-unsaturated/α-hetero) is 1. The summed E-state index contributed by atoms with van der Waals surface area (Å²) in [5.41, 5.74) is 1.09. The Morgan fingerprint density at radius 1 is 1.24 bits per heavy atom. The molecule has 3 aromatic rings. The SMILES string of the molecule is CC(=O)c1c(O)cccc1Nc1ncnc2c1ncn2[C@@H]1O[C@H](CO)[C@@H](O)[C@H]1O. The Bertz CT molecular complexity index is 1070. The second-order valence-corrected chi connectivity index (χ2v) is 6.66. The first-order chi connectivity index (χ1) is 13.9. The summed E-state index contributed by atoms with van der Waals surface area (Å²) in [5.74, 6) is -0.216. The summed E-state index contributed by atoms with van der Waals surface area (Å²) < 4.78 is 6.96. The molecule has 1 aliphatic rings. The van der Waals surface area contributed by atoms with Crippen molar-refractivity contribution in [2.75, 3.05) is 11.9 Å². The standard InChI is InChI=1S/C18H19N5O6/c1-8(25)12-9(3-2-4-10(12)26)22-16-13-17(20-6-19-16)23(7-21-13)18-15(28)14(27)11(5-24)29-18/h2-4,6-7,11,14-15,18,24,26-28H,5H2,1H3,(H,19,20,22)/t11-,14-,15-,18-/m1/s1. The fourth-order valence-electron chi connectivity index (χ4n) is 3.38. The minimum atomic E-state index is -1.29. The second kappa shape index (κ2) is 7.37. The van der Waals surface area contributed by atoms with Crippen molar-refractivity contribution in [2.24, 2.45) is 0 Å². The number of anilines is 2. The van der Waals surface area contributed by atoms with Gasteiger partial charge in [0.15, 0.2) is 29.0 Å². The van der Waals surface area contributed by atoms with E-state index in [0.717, 1.165) is 0 Å². The first-order valence-electron chi connectivity index (χ1n) is 8.82. The lowest BCUT2D eigenvalue weighted by molar-refractivity contribution is -0.0511. The number of hydrogen-bond acceptors (Lipinski definition) is 10. The number of nitrogens with zero attached hydrogens (tertiary/aromatic N) is 4. The predicted molar refractivity (Wildman–Crippen MR) is 99.7 cm³/mol. The number of nitrogens with one attached hydrogen (secondary N) is 1. The van der Waals surface area contributed by atoms with Gasteiger partial charge in [0.1, 0.15) is 30.4 Å². The molecular formula is C18H19N5O6. The van der Waals surface area contributed by atoms with Gasteiger partial charge in [-0.2, -0.15) is 0 Å². The third kappa shape index (κ3) is 3.19. The lowest BCUT2D eigenvalue weighted by atomic mass is 10.1. The summed E-state index contributed by atoms with van der Waals surface area (Å²) in [4.78, 5) is 24.5. The minimum absolute atomic E-state index is 0.113. The van der Waals surface area contributed by atoms with Crippen molar-refractivity contribution in [1.82, 2.24) is 19.5 Å². The molecule has 4 atom stereocenters. The molecule has 1 saturated heterocycles. The number of ketones is 1. The third-order valence-electron chi connectivity index (χ3n) is 4.80. The Balaban J connectivity index is 1.73. The number of rotatable bonds is 5. The van der Waals surface area contributed by atoms with Gasteiger partial charge in [-0.3, -0.25) is 9.36 Å². The molecule has 152 valence electrons. The van der Waals surface area contributed by atoms with Crippen LogP contribution in [0.5, 0.6) is 5.75 Å². The number of fused-ring (bicyclic) bond motifs is 1. The van der Waals surface area contributed by atoms with Gasteiger partial charge in [0.2, 0.25) is 0 Å². The molecule has 29 heavy (non-hydrogen) atoms. The Labute approximate surface area is 164 Å². The van der Waals surface area contributed by atoms with Crippen molar-refractivity contribution in [3.8, 4) is 5.75 Å². The molecular weight excluding hydrogens is 382 g/mol. The highest BCUT2D eigenvalue weighted by Gasteiger charge is 2.44. The van der Waals surface area contributed by atoms with Crippen LogP contribution in [-0.4, -0.2) is 70.6 Å². The molecule has 1 aromatic carbocycles. The first-order valence-corrected chi connectivity index (χ1v) is 8.82. The molecule has 11 nitrogen and oxygen atoms in total. The van der Waals surface area contributed by atoms with E-state index in [1.54, 1.807) is 12.1 Å². The highest BCUT2D eigenvalue weighted by molar-refractivity contribution is 6.03. The van der Waals surface area contributed by atoms with Crippen LogP contribution >= 0.6 is 0 Å². The molecule has 2 aromatic heterocycles. The molecule has 0 amide bonds. The van der Waals surface area contributed by atoms with Crippen LogP contribution in [0, 0.1) is 0 Å². The summed E-state index contributed by atoms with van der Waals surface area (Å²) in [6, 6.07) is 4.61. The number of carbonyl (C=O) groups excluding carboxylic acids is 1. The smallest absolute Gasteiger partial charge is 0.167 e. The first kappa shape index (κ1) is 19.2. The van der Waals surface area contributed by atoms with Crippen molar-refractivity contribution >= 4 is 28.5 Å². The van der Waals surface area contributed by atoms with Crippen LogP contribution in [0.15, 0.2) is 30.9 Å². The van der Waals surface area contributed by atoms with Crippen molar-refractivity contribution < 1.29 is 30.0 Å². The number of phenolic OH excluding ortho intramolecular Hbond substituents is 1. The number of aliphatic hydroxyl groups is 3. The topological polar surface area (TPSA) is 163 Å². The lowest BCUT2D eigenvalue weighted by Gasteiger charge is -2.16. The predicted octanol–water partition coefficient (Wildman–Crippen LogP) is 0.0896. The van der Waals surface area contributed by atoms with Gasteiger partial charge < -0.3 is 30.5 Å². The van der Waals surface area contributed by atoms with Crippen molar-refractivity contribution in [1.29, 1.82) is 0 Å². The van der Waals surface area contributed by atoms with Crippen LogP contribution in [0.3, 0.4) is 0 Å². The average Bonchev–Trinajstić information content (AvgIpc) is 3.24. The maximum Gasteiger partial charge on any atom is 0.167 e. The Morgan fingerprint density at radius 2 is 2.03 bits per heavy atom. The van der Waals surface area contributed by atoms with Crippen LogP contribution in [0.2, 0.25) is 0 Å². The van der Waals surface area contributed by atoms with E-state index < -0.39 is 31.1 Å². The Kier molecular flexibility index (Phi) is 4.88. The second-order valence-electron chi connectivity index (χ2n) is 6.66. The molecule has 0 saturated carbocycles. The lowest BCUT2D eigenvalue weighted by Crippen LogP contribution is -2.33. The van der Waals surface area contributed by atoms with Gasteiger partial charge in [-0.05, 0) is 19.1 Å². The Hall–Kier alpha value is -3.12. The zero-order valence-corrected chi connectivity index (χ0v) is 15.3. The van der Waals surface area contributed by atoms with E-state index >= 15 is 0 Å². The molecule has 1 fully saturated rings. The molecule has 3 heterocycles. The maximum atomic E-state index is 11.9. The highest BCUT2D eigenvalue weighted by atomic mass is 16.6. The molecule has 0 bridgehead atoms. The van der Waals surface area contributed by atoms with Crippen LogP contribution in [0.1, 0.15) is 23.5 Å². The van der Waals surface area contributed by atoms with Crippen LogP contribution in [-0.2, 0) is 4.74 Å². The van der Waals surface area contributed by atoms with Gasteiger partial charge in [-0.1, -0.05) is 6.07 Å². The molecule has 4 rings (SSSR count). The maximum absolute atomic E-state index is 11.9. The van der Waals surface area contributed by atoms with E-state index in [4.69, 9.17) is 4.74 Å². The number of carbonyl (C=O) groups is 1. The molecule has 0 radical (unpaired) electrons. The number of aromatic nitrogens is 4. The quantitative estimate of drug-likeness (QED) is 0.370. The number of imidazole rings is 1. The molecule has 5 N–H and O–H groups in total. The number of benzene rings is 1. The van der Waals surface area contributed by atoms with Crippen molar-refractivity contribution in [2.45, 2.75) is 31.5 Å². The number of aromatic hydroxyl groups is 1. The number of aliphatic hydroxyl groups excluding tert-OH is 3. The van der Waals surface area contributed by atoms with Gasteiger partial charge in [-0.25, -0.2) is 15.0 Å².